The van der Waals surface area contributed by atoms with E-state index in [1.165, 1.54) is 11.1 Å². The minimum atomic E-state index is 0.685. The second-order valence-electron chi connectivity index (χ2n) is 6.25. The number of fused-ring (bicyclic) bond motifs is 1. The summed E-state index contributed by atoms with van der Waals surface area (Å²) >= 11 is 3.55. The highest BCUT2D eigenvalue weighted by Crippen LogP contribution is 2.42. The average molecular weight is 431 g/mol. The van der Waals surface area contributed by atoms with Crippen LogP contribution in [0.5, 0.6) is 23.0 Å². The number of rotatable bonds is 5. The summed E-state index contributed by atoms with van der Waals surface area (Å²) in [5.74, 6) is 2.84. The minimum Gasteiger partial charge on any atom is -0.493 e. The molecule has 0 N–H and O–H groups in total. The highest BCUT2D eigenvalue weighted by molar-refractivity contribution is 9.10. The van der Waals surface area contributed by atoms with Crippen LogP contribution in [-0.4, -0.2) is 28.4 Å². The van der Waals surface area contributed by atoms with Crippen molar-refractivity contribution in [1.29, 1.82) is 0 Å². The Bertz CT molecular complexity index is 915. The zero-order valence-corrected chi connectivity index (χ0v) is 17.6. The molecule has 27 heavy (non-hydrogen) atoms. The summed E-state index contributed by atoms with van der Waals surface area (Å²) in [7, 11) is 6.56. The van der Waals surface area contributed by atoms with Crippen LogP contribution in [0.15, 0.2) is 40.9 Å². The first kappa shape index (κ1) is 19.4. The van der Waals surface area contributed by atoms with E-state index >= 15 is 0 Å². The van der Waals surface area contributed by atoms with Crippen LogP contribution in [0.25, 0.3) is 11.6 Å². The van der Waals surface area contributed by atoms with Crippen LogP contribution in [0.4, 0.5) is 0 Å². The summed E-state index contributed by atoms with van der Waals surface area (Å²) in [6, 6.07) is 8.04. The van der Waals surface area contributed by atoms with Crippen LogP contribution in [-0.2, 0) is 6.42 Å². The molecule has 0 aliphatic heterocycles. The molecule has 1 aliphatic carbocycles. The third kappa shape index (κ3) is 3.69. The van der Waals surface area contributed by atoms with Crippen molar-refractivity contribution in [2.75, 3.05) is 28.4 Å². The van der Waals surface area contributed by atoms with Gasteiger partial charge < -0.3 is 18.9 Å². The van der Waals surface area contributed by atoms with E-state index < -0.39 is 0 Å². The molecular weight excluding hydrogens is 408 g/mol. The lowest BCUT2D eigenvalue weighted by Gasteiger charge is -2.23. The zero-order chi connectivity index (χ0) is 19.6. The van der Waals surface area contributed by atoms with Crippen molar-refractivity contribution in [2.24, 2.45) is 0 Å². The van der Waals surface area contributed by atoms with Gasteiger partial charge in [-0.15, -0.1) is 0 Å². The number of hydrogen-bond acceptors (Lipinski definition) is 4. The lowest BCUT2D eigenvalue weighted by Crippen LogP contribution is -2.06. The average Bonchev–Trinajstić information content (AvgIpc) is 2.68. The molecule has 1 aliphatic rings. The van der Waals surface area contributed by atoms with Gasteiger partial charge in [0.05, 0.1) is 32.9 Å². The molecule has 0 heterocycles. The summed E-state index contributed by atoms with van der Waals surface area (Å²) in [4.78, 5) is 0. The summed E-state index contributed by atoms with van der Waals surface area (Å²) in [6.07, 6.45) is 3.98. The molecule has 0 atom stereocenters. The van der Waals surface area contributed by atoms with Gasteiger partial charge in [-0.3, -0.25) is 0 Å². The molecule has 3 rings (SSSR count). The molecule has 2 aromatic rings. The Hall–Kier alpha value is -2.40. The van der Waals surface area contributed by atoms with Gasteiger partial charge in [0.2, 0.25) is 0 Å². The molecule has 0 unspecified atom stereocenters. The van der Waals surface area contributed by atoms with Crippen LogP contribution >= 0.6 is 15.9 Å². The van der Waals surface area contributed by atoms with Gasteiger partial charge in [0, 0.05) is 0 Å². The number of halogens is 1. The van der Waals surface area contributed by atoms with Crippen molar-refractivity contribution in [3.05, 3.63) is 57.6 Å². The maximum absolute atomic E-state index is 5.45. The van der Waals surface area contributed by atoms with E-state index in [0.29, 0.717) is 17.2 Å². The third-order valence-electron chi connectivity index (χ3n) is 4.78. The van der Waals surface area contributed by atoms with Gasteiger partial charge in [-0.2, -0.15) is 0 Å². The number of hydrogen-bond donors (Lipinski definition) is 0. The maximum Gasteiger partial charge on any atom is 0.174 e. The van der Waals surface area contributed by atoms with Crippen molar-refractivity contribution in [1.82, 2.24) is 0 Å². The van der Waals surface area contributed by atoms with E-state index in [1.807, 2.05) is 24.3 Å². The molecule has 0 amide bonds. The third-order valence-corrected chi connectivity index (χ3v) is 5.37. The Labute approximate surface area is 168 Å². The lowest BCUT2D eigenvalue weighted by molar-refractivity contribution is 0.353. The molecule has 0 fully saturated rings. The largest absolute Gasteiger partial charge is 0.493 e. The second kappa shape index (κ2) is 8.09. The molecule has 0 spiro atoms. The Morgan fingerprint density at radius 3 is 2.15 bits per heavy atom. The summed E-state index contributed by atoms with van der Waals surface area (Å²) in [5, 5.41) is 0. The SMILES string of the molecule is C=C1/C(=C/c2cc(Br)c(OC)c(OC)c2)CCc2cc(OC)c(OC)cc21. The predicted octanol–water partition coefficient (Wildman–Crippen LogP) is 5.53. The first-order chi connectivity index (χ1) is 13.0. The van der Waals surface area contributed by atoms with Crippen LogP contribution in [0.2, 0.25) is 0 Å². The predicted molar refractivity (Wildman–Crippen MR) is 112 cm³/mol. The van der Waals surface area contributed by atoms with Crippen LogP contribution in [0.3, 0.4) is 0 Å². The van der Waals surface area contributed by atoms with Gasteiger partial charge >= 0.3 is 0 Å². The van der Waals surface area contributed by atoms with Gasteiger partial charge in [0.1, 0.15) is 0 Å². The fraction of sp³-hybridized carbons (Fsp3) is 0.273. The Morgan fingerprint density at radius 2 is 1.52 bits per heavy atom. The Balaban J connectivity index is 2.01. The van der Waals surface area contributed by atoms with E-state index in [-0.39, 0.29) is 0 Å². The van der Waals surface area contributed by atoms with Crippen molar-refractivity contribution in [2.45, 2.75) is 12.8 Å². The molecule has 0 radical (unpaired) electrons. The van der Waals surface area contributed by atoms with E-state index in [9.17, 15) is 0 Å². The van der Waals surface area contributed by atoms with E-state index in [2.05, 4.69) is 28.6 Å². The molecule has 4 nitrogen and oxygen atoms in total. The number of methoxy groups -OCH3 is 4. The molecule has 0 bridgehead atoms. The fourth-order valence-electron chi connectivity index (χ4n) is 3.38. The van der Waals surface area contributed by atoms with E-state index in [1.54, 1.807) is 28.4 Å². The van der Waals surface area contributed by atoms with Crippen molar-refractivity contribution >= 4 is 27.6 Å². The highest BCUT2D eigenvalue weighted by Gasteiger charge is 2.21. The Morgan fingerprint density at radius 1 is 0.852 bits per heavy atom. The van der Waals surface area contributed by atoms with Crippen molar-refractivity contribution < 1.29 is 18.9 Å². The van der Waals surface area contributed by atoms with Gasteiger partial charge in [-0.25, -0.2) is 0 Å². The van der Waals surface area contributed by atoms with Gasteiger partial charge in [-0.1, -0.05) is 12.7 Å². The zero-order valence-electron chi connectivity index (χ0n) is 16.0. The minimum absolute atomic E-state index is 0.685. The normalized spacial score (nSPS) is 14.7. The summed E-state index contributed by atoms with van der Waals surface area (Å²) in [6.45, 7) is 4.33. The van der Waals surface area contributed by atoms with Crippen LogP contribution < -0.4 is 18.9 Å². The van der Waals surface area contributed by atoms with Gasteiger partial charge in [0.15, 0.2) is 23.0 Å². The number of allylic oxidation sites excluding steroid dienone is 2. The molecular formula is C22H23BrO4. The molecule has 5 heteroatoms. The van der Waals surface area contributed by atoms with Crippen LogP contribution in [0, 0.1) is 0 Å². The molecule has 0 saturated heterocycles. The van der Waals surface area contributed by atoms with Gasteiger partial charge in [-0.05, 0) is 80.9 Å². The topological polar surface area (TPSA) is 36.9 Å². The first-order valence-corrected chi connectivity index (χ1v) is 9.38. The maximum atomic E-state index is 5.45. The summed E-state index contributed by atoms with van der Waals surface area (Å²) < 4.78 is 22.6. The molecule has 142 valence electrons. The highest BCUT2D eigenvalue weighted by atomic mass is 79.9. The standard InChI is InChI=1S/C22H23BrO4/c1-13-15(8-14-9-18(23)22(27-5)21(10-14)26-4)6-7-16-11-19(24-2)20(25-3)12-17(13)16/h8-12H,1,6-7H2,2-5H3/b15-8+. The second-order valence-corrected chi connectivity index (χ2v) is 7.11. The Kier molecular flexibility index (Phi) is 5.80. The van der Waals surface area contributed by atoms with Crippen LogP contribution in [0.1, 0.15) is 23.1 Å². The summed E-state index contributed by atoms with van der Waals surface area (Å²) in [5.41, 5.74) is 5.55. The van der Waals surface area contributed by atoms with Gasteiger partial charge in [0.25, 0.3) is 0 Å². The van der Waals surface area contributed by atoms with E-state index in [4.69, 9.17) is 18.9 Å². The lowest BCUT2D eigenvalue weighted by atomic mass is 9.83. The first-order valence-electron chi connectivity index (χ1n) is 8.59. The molecule has 0 saturated carbocycles. The smallest absolute Gasteiger partial charge is 0.174 e. The molecule has 0 aromatic heterocycles. The number of aryl methyl sites for hydroxylation is 1. The number of ether oxygens (including phenoxy) is 4. The number of benzene rings is 2. The van der Waals surface area contributed by atoms with Crippen molar-refractivity contribution in [3.63, 3.8) is 0 Å². The quantitative estimate of drug-likeness (QED) is 0.624. The monoisotopic (exact) mass is 430 g/mol. The van der Waals surface area contributed by atoms with Crippen molar-refractivity contribution in [3.8, 4) is 23.0 Å². The fourth-order valence-corrected chi connectivity index (χ4v) is 4.01. The van der Waals surface area contributed by atoms with E-state index in [0.717, 1.165) is 39.8 Å². The molecule has 2 aromatic carbocycles.